The van der Waals surface area contributed by atoms with Gasteiger partial charge in [-0.3, -0.25) is 4.79 Å². The van der Waals surface area contributed by atoms with E-state index in [1.165, 1.54) is 0 Å². The molecule has 0 saturated carbocycles. The molecule has 1 amide bonds. The molecule has 0 fully saturated rings. The van der Waals surface area contributed by atoms with Crippen LogP contribution in [0.15, 0.2) is 24.3 Å². The molecule has 24 heavy (non-hydrogen) atoms. The van der Waals surface area contributed by atoms with Crippen LogP contribution in [-0.4, -0.2) is 50.3 Å². The van der Waals surface area contributed by atoms with Gasteiger partial charge in [-0.25, -0.2) is 0 Å². The quantitative estimate of drug-likeness (QED) is 0.628. The fourth-order valence-corrected chi connectivity index (χ4v) is 2.52. The number of hydrogen-bond donors (Lipinski definition) is 1. The van der Waals surface area contributed by atoms with Gasteiger partial charge in [0, 0.05) is 18.8 Å². The molecular formula is C19H32N2O3. The van der Waals surface area contributed by atoms with Gasteiger partial charge in [0.1, 0.15) is 11.4 Å². The molecular weight excluding hydrogens is 304 g/mol. The number of carbonyl (C=O) groups excluding carboxylic acids is 1. The highest BCUT2D eigenvalue weighted by Crippen LogP contribution is 2.22. The first kappa shape index (κ1) is 20.5. The van der Waals surface area contributed by atoms with Crippen molar-refractivity contribution in [2.75, 3.05) is 39.2 Å². The van der Waals surface area contributed by atoms with E-state index in [1.807, 2.05) is 59.1 Å². The molecule has 0 bridgehead atoms. The zero-order valence-corrected chi connectivity index (χ0v) is 15.7. The van der Waals surface area contributed by atoms with E-state index < -0.39 is 5.60 Å². The van der Waals surface area contributed by atoms with Crippen LogP contribution < -0.4 is 10.1 Å². The highest BCUT2D eigenvalue weighted by molar-refractivity contribution is 5.97. The molecule has 0 aliphatic heterocycles. The van der Waals surface area contributed by atoms with Gasteiger partial charge < -0.3 is 19.7 Å². The Hall–Kier alpha value is -1.59. The number of ether oxygens (including phenoxy) is 2. The monoisotopic (exact) mass is 336 g/mol. The summed E-state index contributed by atoms with van der Waals surface area (Å²) in [6.45, 7) is 8.00. The fourth-order valence-electron chi connectivity index (χ4n) is 2.52. The SMILES string of the molecule is CCC[C@](C)(OCC)C(=O)Nc1ccc(OCCCN(C)C)cc1. The first-order chi connectivity index (χ1) is 11.4. The number of hydrogen-bond acceptors (Lipinski definition) is 4. The molecule has 1 atom stereocenters. The average Bonchev–Trinajstić information content (AvgIpc) is 2.53. The summed E-state index contributed by atoms with van der Waals surface area (Å²) < 4.78 is 11.4. The molecule has 5 heteroatoms. The predicted octanol–water partition coefficient (Wildman–Crippen LogP) is 3.55. The molecule has 0 saturated heterocycles. The minimum Gasteiger partial charge on any atom is -0.494 e. The number of benzene rings is 1. The number of carbonyl (C=O) groups is 1. The van der Waals surface area contributed by atoms with Crippen LogP contribution in [0.4, 0.5) is 5.69 Å². The fraction of sp³-hybridized carbons (Fsp3) is 0.632. The second-order valence-electron chi connectivity index (χ2n) is 6.40. The van der Waals surface area contributed by atoms with Gasteiger partial charge in [-0.2, -0.15) is 0 Å². The Bertz CT molecular complexity index is 480. The van der Waals surface area contributed by atoms with E-state index in [0.717, 1.165) is 30.8 Å². The van der Waals surface area contributed by atoms with Crippen molar-refractivity contribution in [1.29, 1.82) is 0 Å². The number of anilines is 1. The van der Waals surface area contributed by atoms with Crippen molar-refractivity contribution in [3.05, 3.63) is 24.3 Å². The predicted molar refractivity (Wildman–Crippen MR) is 98.7 cm³/mol. The smallest absolute Gasteiger partial charge is 0.256 e. The van der Waals surface area contributed by atoms with Crippen LogP contribution in [0.3, 0.4) is 0 Å². The standard InChI is InChI=1S/C19H32N2O3/c1-6-13-19(3,24-7-2)18(22)20-16-9-11-17(12-10-16)23-15-8-14-21(4)5/h9-12H,6-8,13-15H2,1-5H3,(H,20,22)/t19-/m0/s1. The Morgan fingerprint density at radius 1 is 1.21 bits per heavy atom. The molecule has 1 aromatic carbocycles. The molecule has 0 aliphatic rings. The van der Waals surface area contributed by atoms with Crippen molar-refractivity contribution < 1.29 is 14.3 Å². The molecule has 1 N–H and O–H groups in total. The first-order valence-electron chi connectivity index (χ1n) is 8.74. The largest absolute Gasteiger partial charge is 0.494 e. The Morgan fingerprint density at radius 2 is 1.88 bits per heavy atom. The summed E-state index contributed by atoms with van der Waals surface area (Å²) in [5, 5.41) is 2.94. The summed E-state index contributed by atoms with van der Waals surface area (Å²) in [5.74, 6) is 0.707. The molecule has 0 heterocycles. The van der Waals surface area contributed by atoms with E-state index in [4.69, 9.17) is 9.47 Å². The van der Waals surface area contributed by atoms with Gasteiger partial charge in [-0.1, -0.05) is 13.3 Å². The van der Waals surface area contributed by atoms with Crippen LogP contribution >= 0.6 is 0 Å². The minimum atomic E-state index is -0.787. The van der Waals surface area contributed by atoms with Crippen LogP contribution in [0, 0.1) is 0 Å². The van der Waals surface area contributed by atoms with Crippen molar-refractivity contribution in [3.8, 4) is 5.75 Å². The highest BCUT2D eigenvalue weighted by Gasteiger charge is 2.32. The zero-order valence-electron chi connectivity index (χ0n) is 15.7. The molecule has 1 aromatic rings. The summed E-state index contributed by atoms with van der Waals surface area (Å²) >= 11 is 0. The first-order valence-corrected chi connectivity index (χ1v) is 8.74. The van der Waals surface area contributed by atoms with Crippen LogP contribution in [0.5, 0.6) is 5.75 Å². The van der Waals surface area contributed by atoms with Gasteiger partial charge in [0.25, 0.3) is 5.91 Å². The van der Waals surface area contributed by atoms with E-state index in [9.17, 15) is 4.79 Å². The van der Waals surface area contributed by atoms with Crippen molar-refractivity contribution in [2.24, 2.45) is 0 Å². The molecule has 5 nitrogen and oxygen atoms in total. The number of nitrogens with zero attached hydrogens (tertiary/aromatic N) is 1. The van der Waals surface area contributed by atoms with E-state index in [2.05, 4.69) is 10.2 Å². The Morgan fingerprint density at radius 3 is 2.42 bits per heavy atom. The van der Waals surface area contributed by atoms with Crippen molar-refractivity contribution in [1.82, 2.24) is 4.90 Å². The Balaban J connectivity index is 2.54. The number of nitrogens with one attached hydrogen (secondary N) is 1. The van der Waals surface area contributed by atoms with Crippen LogP contribution in [0.1, 0.15) is 40.0 Å². The summed E-state index contributed by atoms with van der Waals surface area (Å²) in [5.41, 5.74) is -0.0344. The molecule has 0 spiro atoms. The maximum Gasteiger partial charge on any atom is 0.256 e. The van der Waals surface area contributed by atoms with Gasteiger partial charge in [0.15, 0.2) is 0 Å². The average molecular weight is 336 g/mol. The van der Waals surface area contributed by atoms with Gasteiger partial charge in [0.05, 0.1) is 6.61 Å². The third-order valence-corrected chi connectivity index (χ3v) is 3.80. The summed E-state index contributed by atoms with van der Waals surface area (Å²) in [6, 6.07) is 7.47. The highest BCUT2D eigenvalue weighted by atomic mass is 16.5. The minimum absolute atomic E-state index is 0.106. The zero-order chi connectivity index (χ0) is 18.0. The van der Waals surface area contributed by atoms with E-state index in [-0.39, 0.29) is 5.91 Å². The second-order valence-corrected chi connectivity index (χ2v) is 6.40. The molecule has 0 unspecified atom stereocenters. The summed E-state index contributed by atoms with van der Waals surface area (Å²) in [4.78, 5) is 14.6. The van der Waals surface area contributed by atoms with Crippen LogP contribution in [0.25, 0.3) is 0 Å². The van der Waals surface area contributed by atoms with Gasteiger partial charge in [-0.05, 0) is 65.0 Å². The normalized spacial score (nSPS) is 13.6. The lowest BCUT2D eigenvalue weighted by molar-refractivity contribution is -0.139. The maximum atomic E-state index is 12.5. The van der Waals surface area contributed by atoms with Gasteiger partial charge in [0.2, 0.25) is 0 Å². The Kier molecular flexibility index (Phi) is 8.79. The lowest BCUT2D eigenvalue weighted by atomic mass is 9.99. The van der Waals surface area contributed by atoms with Crippen LogP contribution in [-0.2, 0) is 9.53 Å². The maximum absolute atomic E-state index is 12.5. The van der Waals surface area contributed by atoms with E-state index in [0.29, 0.717) is 19.6 Å². The Labute approximate surface area is 146 Å². The van der Waals surface area contributed by atoms with E-state index in [1.54, 1.807) is 0 Å². The summed E-state index contributed by atoms with van der Waals surface area (Å²) in [7, 11) is 4.10. The molecule has 0 radical (unpaired) electrons. The third-order valence-electron chi connectivity index (χ3n) is 3.80. The lowest BCUT2D eigenvalue weighted by Crippen LogP contribution is -2.42. The molecule has 136 valence electrons. The second kappa shape index (κ2) is 10.3. The van der Waals surface area contributed by atoms with Gasteiger partial charge in [-0.15, -0.1) is 0 Å². The van der Waals surface area contributed by atoms with Crippen LogP contribution in [0.2, 0.25) is 0 Å². The third kappa shape index (κ3) is 6.89. The van der Waals surface area contributed by atoms with Gasteiger partial charge >= 0.3 is 0 Å². The molecule has 0 aliphatic carbocycles. The van der Waals surface area contributed by atoms with E-state index >= 15 is 0 Å². The molecule has 0 aromatic heterocycles. The van der Waals surface area contributed by atoms with Crippen molar-refractivity contribution in [3.63, 3.8) is 0 Å². The number of amides is 1. The van der Waals surface area contributed by atoms with Crippen molar-refractivity contribution >= 4 is 11.6 Å². The lowest BCUT2D eigenvalue weighted by Gasteiger charge is -2.27. The summed E-state index contributed by atoms with van der Waals surface area (Å²) in [6.07, 6.45) is 2.57. The topological polar surface area (TPSA) is 50.8 Å². The van der Waals surface area contributed by atoms with Crippen molar-refractivity contribution in [2.45, 2.75) is 45.6 Å². The molecule has 1 rings (SSSR count). The number of rotatable bonds is 11.